The molecule has 8 bridgehead atoms. The number of rotatable bonds is 44. The van der Waals surface area contributed by atoms with Crippen molar-refractivity contribution < 1.29 is 28.4 Å². The zero-order valence-electron chi connectivity index (χ0n) is 66.2. The Bertz CT molecular complexity index is 4520. The normalized spacial score (nSPS) is 13.8. The van der Waals surface area contributed by atoms with E-state index in [4.69, 9.17) is 58.3 Å². The van der Waals surface area contributed by atoms with Crippen molar-refractivity contribution in [2.75, 3.05) is 39.6 Å². The molecule has 6 atom stereocenters. The van der Waals surface area contributed by atoms with Crippen LogP contribution in [-0.2, 0) is 0 Å². The number of hydrogen-bond donors (Lipinski definition) is 2. The van der Waals surface area contributed by atoms with Crippen LogP contribution in [0.15, 0.2) is 97.1 Å². The van der Waals surface area contributed by atoms with E-state index in [-0.39, 0.29) is 0 Å². The van der Waals surface area contributed by atoms with Crippen LogP contribution < -0.4 is 28.4 Å². The molecule has 0 aliphatic carbocycles. The average molecular weight is 1440 g/mol. The Morgan fingerprint density at radius 1 is 0.283 bits per heavy atom. The minimum atomic E-state index is 0.372. The summed E-state index contributed by atoms with van der Waals surface area (Å²) in [4.78, 5) is 41.5. The topological polar surface area (TPSA) is 164 Å². The average Bonchev–Trinajstić information content (AvgIpc) is 1.59. The van der Waals surface area contributed by atoms with Gasteiger partial charge in [-0.1, -0.05) is 253 Å². The van der Waals surface area contributed by atoms with Gasteiger partial charge in [0.15, 0.2) is 57.8 Å². The number of H-pyrrole nitrogens is 2. The maximum atomic E-state index is 7.08. The van der Waals surface area contributed by atoms with E-state index in [2.05, 4.69) is 196 Å². The van der Waals surface area contributed by atoms with Crippen molar-refractivity contribution in [3.8, 4) is 80.0 Å². The molecule has 0 fully saturated rings. The summed E-state index contributed by atoms with van der Waals surface area (Å²) in [6.07, 6.45) is 30.5. The number of nitrogens with one attached hydrogen (secondary N) is 2. The number of hydrogen-bond acceptors (Lipinski definition) is 12. The minimum absolute atomic E-state index is 0.372. The second kappa shape index (κ2) is 39.4. The third-order valence-corrected chi connectivity index (χ3v) is 22.4. The minimum Gasteiger partial charge on any atom is -0.489 e. The molecular weight excluding hydrogens is 1310 g/mol. The SMILES string of the molecule is CCCCC(CC)COc1cc2c(cc1OCC(CC)CCCC)-c1nc-2nc2nc(nc3[nH]c(nc4[nH]c(n1)c1cc(OCC(CC)CCCC)c(OCC(CC)CCCC)cc41)c1cc(OCC(CC)CCCC)c(OCC(CC)CCCC)cc31)-c1cc3ccc(/C=C/c4ccccc4)cc3cc1-2. The van der Waals surface area contributed by atoms with Gasteiger partial charge < -0.3 is 38.4 Å². The van der Waals surface area contributed by atoms with Crippen LogP contribution in [0.25, 0.3) is 113 Å². The molecular formula is C92H122N8O6. The molecule has 11 rings (SSSR count). The van der Waals surface area contributed by atoms with Gasteiger partial charge in [0.1, 0.15) is 22.6 Å². The monoisotopic (exact) mass is 1430 g/mol. The molecule has 106 heavy (non-hydrogen) atoms. The molecule has 9 aromatic rings. The standard InChI is InChI=1S/C92H122N8O6/c1-13-25-34-61(19-7)55-101-79-49-73-75(51-81(79)103-57-63(21-9)36-27-15-3)89-96-87(73)94-85-71-47-69-45-44-68(43-42-67-40-32-31-33-41-67)46-70(69)48-72(71)86(93-85)95-88-74-50-80(102-56-62(20-8)35-26-14-2)82(104-58-64(22-10)37-28-16-4)52-76(74)90(97-88)99-92-78-54-84(106-60-66(24-12)39-30-18-6)83(53-77(78)91(98-89)100-92)105-59-65(23-11)38-29-17-5/h31-33,40-54,61-66H,13-30,34-39,55-60H2,1-12H3,(H2,93,94,95,96,97,98,99,100)/b43-42+. The Morgan fingerprint density at radius 3 is 0.887 bits per heavy atom. The third kappa shape index (κ3) is 19.8. The largest absolute Gasteiger partial charge is 0.489 e. The maximum absolute atomic E-state index is 7.08. The van der Waals surface area contributed by atoms with Crippen molar-refractivity contribution in [1.29, 1.82) is 0 Å². The molecule has 14 nitrogen and oxygen atoms in total. The van der Waals surface area contributed by atoms with Gasteiger partial charge in [0, 0.05) is 43.8 Å². The number of aromatic nitrogens is 8. The van der Waals surface area contributed by atoms with Crippen LogP contribution in [-0.4, -0.2) is 79.5 Å². The number of ether oxygens (including phenoxy) is 6. The van der Waals surface area contributed by atoms with Crippen LogP contribution in [0, 0.1) is 35.5 Å². The first-order valence-electron chi connectivity index (χ1n) is 41.4. The summed E-state index contributed by atoms with van der Waals surface area (Å²) in [6, 6.07) is 34.1. The van der Waals surface area contributed by atoms with Gasteiger partial charge in [-0.05, 0) is 151 Å². The lowest BCUT2D eigenvalue weighted by molar-refractivity contribution is 0.199. The predicted molar refractivity (Wildman–Crippen MR) is 442 cm³/mol. The first-order chi connectivity index (χ1) is 51.9. The molecule has 6 aromatic carbocycles. The number of nitrogens with zero attached hydrogens (tertiary/aromatic N) is 6. The summed E-state index contributed by atoms with van der Waals surface area (Å²) in [5, 5.41) is 5.34. The molecule has 0 radical (unpaired) electrons. The Hall–Kier alpha value is -8.52. The van der Waals surface area contributed by atoms with E-state index in [1.54, 1.807) is 0 Å². The quantitative estimate of drug-likeness (QED) is 0.0348. The van der Waals surface area contributed by atoms with Gasteiger partial charge in [-0.3, -0.25) is 0 Å². The van der Waals surface area contributed by atoms with Crippen molar-refractivity contribution in [2.45, 2.75) is 237 Å². The molecule has 2 aliphatic rings. The summed E-state index contributed by atoms with van der Waals surface area (Å²) in [5.74, 6) is 8.18. The smallest absolute Gasteiger partial charge is 0.164 e. The van der Waals surface area contributed by atoms with Crippen LogP contribution in [0.2, 0.25) is 0 Å². The lowest BCUT2D eigenvalue weighted by atomic mass is 9.99. The van der Waals surface area contributed by atoms with E-state index in [9.17, 15) is 0 Å². The summed E-state index contributed by atoms with van der Waals surface area (Å²) < 4.78 is 42.4. The second-order valence-electron chi connectivity index (χ2n) is 30.3. The van der Waals surface area contributed by atoms with Crippen LogP contribution in [0.3, 0.4) is 0 Å². The highest BCUT2D eigenvalue weighted by molar-refractivity contribution is 6.10. The number of fused-ring (bicyclic) bond motifs is 21. The van der Waals surface area contributed by atoms with Crippen LogP contribution >= 0.6 is 0 Å². The van der Waals surface area contributed by atoms with Crippen molar-refractivity contribution in [3.05, 3.63) is 108 Å². The molecule has 6 unspecified atom stereocenters. The third-order valence-electron chi connectivity index (χ3n) is 22.4. The molecule has 0 spiro atoms. The van der Waals surface area contributed by atoms with E-state index in [0.717, 1.165) is 220 Å². The molecule has 5 heterocycles. The fraction of sp³-hybridized carbons (Fsp3) is 0.522. The first kappa shape index (κ1) is 78.5. The van der Waals surface area contributed by atoms with E-state index in [1.165, 1.54) is 0 Å². The van der Waals surface area contributed by atoms with Gasteiger partial charge in [0.05, 0.1) is 39.6 Å². The van der Waals surface area contributed by atoms with E-state index >= 15 is 0 Å². The fourth-order valence-electron chi connectivity index (χ4n) is 14.7. The summed E-state index contributed by atoms with van der Waals surface area (Å²) in [5.41, 5.74) is 7.69. The van der Waals surface area contributed by atoms with E-state index in [1.807, 2.05) is 6.07 Å². The van der Waals surface area contributed by atoms with Gasteiger partial charge in [0.25, 0.3) is 0 Å². The van der Waals surface area contributed by atoms with Gasteiger partial charge in [0.2, 0.25) is 0 Å². The van der Waals surface area contributed by atoms with Crippen molar-refractivity contribution in [1.82, 2.24) is 39.9 Å². The fourth-order valence-corrected chi connectivity index (χ4v) is 14.7. The number of aromatic amines is 2. The lowest BCUT2D eigenvalue weighted by Crippen LogP contribution is -2.14. The molecule has 2 aliphatic heterocycles. The van der Waals surface area contributed by atoms with Crippen LogP contribution in [0.1, 0.15) is 248 Å². The van der Waals surface area contributed by atoms with Gasteiger partial charge in [-0.25, -0.2) is 29.9 Å². The molecule has 566 valence electrons. The predicted octanol–water partition coefficient (Wildman–Crippen LogP) is 25.8. The summed E-state index contributed by atoms with van der Waals surface area (Å²) in [7, 11) is 0. The zero-order valence-corrected chi connectivity index (χ0v) is 66.2. The molecule has 0 saturated heterocycles. The van der Waals surface area contributed by atoms with Crippen LogP contribution in [0.5, 0.6) is 34.5 Å². The Labute approximate surface area is 632 Å². The zero-order chi connectivity index (χ0) is 74.3. The highest BCUT2D eigenvalue weighted by Crippen LogP contribution is 2.46. The first-order valence-corrected chi connectivity index (χ1v) is 41.4. The molecule has 0 saturated carbocycles. The van der Waals surface area contributed by atoms with Crippen LogP contribution in [0.4, 0.5) is 0 Å². The number of unbranched alkanes of at least 4 members (excludes halogenated alkanes) is 6. The Morgan fingerprint density at radius 2 is 0.566 bits per heavy atom. The molecule has 2 N–H and O–H groups in total. The summed E-state index contributed by atoms with van der Waals surface area (Å²) in [6.45, 7) is 30.5. The highest BCUT2D eigenvalue weighted by Gasteiger charge is 2.29. The molecule has 14 heteroatoms. The van der Waals surface area contributed by atoms with E-state index < -0.39 is 0 Å². The lowest BCUT2D eigenvalue weighted by Gasteiger charge is -2.21. The number of benzene rings is 6. The highest BCUT2D eigenvalue weighted by atomic mass is 16.5. The Kier molecular flexibility index (Phi) is 29.2. The van der Waals surface area contributed by atoms with Crippen molar-refractivity contribution in [2.24, 2.45) is 35.5 Å². The molecule has 3 aromatic heterocycles. The summed E-state index contributed by atoms with van der Waals surface area (Å²) >= 11 is 0. The van der Waals surface area contributed by atoms with Gasteiger partial charge in [-0.15, -0.1) is 0 Å². The van der Waals surface area contributed by atoms with Gasteiger partial charge >= 0.3 is 0 Å². The van der Waals surface area contributed by atoms with E-state index in [0.29, 0.717) is 156 Å². The van der Waals surface area contributed by atoms with Crippen molar-refractivity contribution >= 4 is 67.1 Å². The molecule has 0 amide bonds. The maximum Gasteiger partial charge on any atom is 0.164 e. The second-order valence-corrected chi connectivity index (χ2v) is 30.3. The van der Waals surface area contributed by atoms with Crippen molar-refractivity contribution in [3.63, 3.8) is 0 Å². The Balaban J connectivity index is 1.23. The van der Waals surface area contributed by atoms with Gasteiger partial charge in [-0.2, -0.15) is 0 Å².